The highest BCUT2D eigenvalue weighted by Gasteiger charge is 2.26. The van der Waals surface area contributed by atoms with E-state index in [9.17, 15) is 13.6 Å². The van der Waals surface area contributed by atoms with Gasteiger partial charge in [-0.2, -0.15) is 0 Å². The lowest BCUT2D eigenvalue weighted by Gasteiger charge is -2.32. The van der Waals surface area contributed by atoms with E-state index in [4.69, 9.17) is 0 Å². The summed E-state index contributed by atoms with van der Waals surface area (Å²) in [6.45, 7) is 1.34. The quantitative estimate of drug-likeness (QED) is 0.718. The molecule has 3 aromatic rings. The first-order valence-corrected chi connectivity index (χ1v) is 9.48. The molecule has 0 saturated carbocycles. The Balaban J connectivity index is 1.39. The SMILES string of the molecule is O=C(Nc1cc(F)cc(F)c1)C1CCN(c2cc(-c3ccccc3)ncn2)CC1. The molecule has 4 rings (SSSR count). The predicted octanol–water partition coefficient (Wildman–Crippen LogP) is 4.28. The maximum Gasteiger partial charge on any atom is 0.227 e. The van der Waals surface area contributed by atoms with E-state index in [-0.39, 0.29) is 17.5 Å². The molecule has 0 unspecified atom stereocenters. The second-order valence-electron chi connectivity index (χ2n) is 7.04. The third-order valence-corrected chi connectivity index (χ3v) is 5.04. The van der Waals surface area contributed by atoms with E-state index < -0.39 is 11.6 Å². The van der Waals surface area contributed by atoms with Crippen LogP contribution in [0.1, 0.15) is 12.8 Å². The fraction of sp³-hybridized carbons (Fsp3) is 0.227. The molecule has 1 fully saturated rings. The summed E-state index contributed by atoms with van der Waals surface area (Å²) in [5, 5.41) is 2.62. The van der Waals surface area contributed by atoms with Gasteiger partial charge in [-0.05, 0) is 25.0 Å². The van der Waals surface area contributed by atoms with Crippen molar-refractivity contribution >= 4 is 17.4 Å². The van der Waals surface area contributed by atoms with Gasteiger partial charge < -0.3 is 10.2 Å². The third-order valence-electron chi connectivity index (χ3n) is 5.04. The molecule has 7 heteroatoms. The highest BCUT2D eigenvalue weighted by atomic mass is 19.1. The van der Waals surface area contributed by atoms with Crippen molar-refractivity contribution < 1.29 is 13.6 Å². The fourth-order valence-electron chi connectivity index (χ4n) is 3.53. The Hall–Kier alpha value is -3.35. The number of piperidine rings is 1. The molecule has 0 atom stereocenters. The van der Waals surface area contributed by atoms with Gasteiger partial charge in [0.25, 0.3) is 0 Å². The molecular weight excluding hydrogens is 374 g/mol. The van der Waals surface area contributed by atoms with E-state index in [1.807, 2.05) is 36.4 Å². The molecule has 1 amide bonds. The van der Waals surface area contributed by atoms with Crippen molar-refractivity contribution in [1.29, 1.82) is 0 Å². The summed E-state index contributed by atoms with van der Waals surface area (Å²) < 4.78 is 26.6. The highest BCUT2D eigenvalue weighted by Crippen LogP contribution is 2.26. The van der Waals surface area contributed by atoms with E-state index in [0.717, 1.165) is 35.3 Å². The number of benzene rings is 2. The molecule has 0 aliphatic carbocycles. The molecule has 1 aliphatic rings. The Labute approximate surface area is 167 Å². The average molecular weight is 394 g/mol. The number of anilines is 2. The van der Waals surface area contributed by atoms with Gasteiger partial charge >= 0.3 is 0 Å². The second-order valence-corrected chi connectivity index (χ2v) is 7.04. The van der Waals surface area contributed by atoms with Gasteiger partial charge in [0.2, 0.25) is 5.91 Å². The summed E-state index contributed by atoms with van der Waals surface area (Å²) in [5.74, 6) is -1.04. The van der Waals surface area contributed by atoms with Crippen molar-refractivity contribution in [2.75, 3.05) is 23.3 Å². The minimum Gasteiger partial charge on any atom is -0.356 e. The lowest BCUT2D eigenvalue weighted by molar-refractivity contribution is -0.120. The molecule has 1 aromatic heterocycles. The topological polar surface area (TPSA) is 58.1 Å². The number of rotatable bonds is 4. The molecule has 1 saturated heterocycles. The van der Waals surface area contributed by atoms with Crippen molar-refractivity contribution in [2.24, 2.45) is 5.92 Å². The average Bonchev–Trinajstić information content (AvgIpc) is 2.74. The smallest absolute Gasteiger partial charge is 0.227 e. The number of carbonyl (C=O) groups excluding carboxylic acids is 1. The molecule has 2 aromatic carbocycles. The van der Waals surface area contributed by atoms with E-state index in [1.54, 1.807) is 6.33 Å². The van der Waals surface area contributed by atoms with Crippen molar-refractivity contribution in [3.8, 4) is 11.3 Å². The predicted molar refractivity (Wildman–Crippen MR) is 107 cm³/mol. The Morgan fingerprint density at radius 3 is 2.34 bits per heavy atom. The number of nitrogens with one attached hydrogen (secondary N) is 1. The van der Waals surface area contributed by atoms with Gasteiger partial charge in [0.1, 0.15) is 23.8 Å². The fourth-order valence-corrected chi connectivity index (χ4v) is 3.53. The standard InChI is InChI=1S/C22H20F2N4O/c23-17-10-18(24)12-19(11-17)27-22(29)16-6-8-28(9-7-16)21-13-20(25-14-26-21)15-4-2-1-3-5-15/h1-5,10-14,16H,6-9H2,(H,27,29). The summed E-state index contributed by atoms with van der Waals surface area (Å²) in [5.41, 5.74) is 2.01. The Morgan fingerprint density at radius 1 is 0.966 bits per heavy atom. The van der Waals surface area contributed by atoms with Gasteiger partial charge in [-0.25, -0.2) is 18.7 Å². The Morgan fingerprint density at radius 2 is 1.66 bits per heavy atom. The molecule has 2 heterocycles. The molecule has 0 radical (unpaired) electrons. The number of hydrogen-bond acceptors (Lipinski definition) is 4. The van der Waals surface area contributed by atoms with Crippen LogP contribution >= 0.6 is 0 Å². The summed E-state index contributed by atoms with van der Waals surface area (Å²) in [6, 6.07) is 14.8. The van der Waals surface area contributed by atoms with Crippen LogP contribution in [0.2, 0.25) is 0 Å². The number of hydrogen-bond donors (Lipinski definition) is 1. The Bertz CT molecular complexity index is 984. The van der Waals surface area contributed by atoms with E-state index in [0.29, 0.717) is 25.9 Å². The molecular formula is C22H20F2N4O. The minimum absolute atomic E-state index is 0.137. The van der Waals surface area contributed by atoms with Crippen LogP contribution in [0.15, 0.2) is 60.9 Å². The molecule has 29 heavy (non-hydrogen) atoms. The van der Waals surface area contributed by atoms with Crippen molar-refractivity contribution in [3.63, 3.8) is 0 Å². The molecule has 148 valence electrons. The van der Waals surface area contributed by atoms with Crippen molar-refractivity contribution in [3.05, 3.63) is 72.6 Å². The van der Waals surface area contributed by atoms with Crippen LogP contribution in [0.5, 0.6) is 0 Å². The van der Waals surface area contributed by atoms with Crippen molar-refractivity contribution in [2.45, 2.75) is 12.8 Å². The number of halogens is 2. The summed E-state index contributed by atoms with van der Waals surface area (Å²) in [6.07, 6.45) is 2.82. The summed E-state index contributed by atoms with van der Waals surface area (Å²) in [4.78, 5) is 23.3. The molecule has 0 spiro atoms. The summed E-state index contributed by atoms with van der Waals surface area (Å²) in [7, 11) is 0. The van der Waals surface area contributed by atoms with Crippen LogP contribution < -0.4 is 10.2 Å². The van der Waals surface area contributed by atoms with Crippen LogP contribution in [-0.2, 0) is 4.79 Å². The molecule has 1 N–H and O–H groups in total. The maximum absolute atomic E-state index is 13.3. The number of amides is 1. The number of nitrogens with zero attached hydrogens (tertiary/aromatic N) is 3. The third kappa shape index (κ3) is 4.56. The second kappa shape index (κ2) is 8.34. The van der Waals surface area contributed by atoms with Gasteiger partial charge in [-0.15, -0.1) is 0 Å². The normalized spacial score (nSPS) is 14.6. The first-order valence-electron chi connectivity index (χ1n) is 9.48. The van der Waals surface area contributed by atoms with Gasteiger partial charge in [0, 0.05) is 42.4 Å². The lowest BCUT2D eigenvalue weighted by atomic mass is 9.95. The number of carbonyl (C=O) groups is 1. The summed E-state index contributed by atoms with van der Waals surface area (Å²) >= 11 is 0. The van der Waals surface area contributed by atoms with E-state index in [2.05, 4.69) is 20.2 Å². The largest absolute Gasteiger partial charge is 0.356 e. The number of aromatic nitrogens is 2. The molecule has 5 nitrogen and oxygen atoms in total. The van der Waals surface area contributed by atoms with Gasteiger partial charge in [-0.1, -0.05) is 30.3 Å². The van der Waals surface area contributed by atoms with Gasteiger partial charge in [0.15, 0.2) is 0 Å². The van der Waals surface area contributed by atoms with Crippen molar-refractivity contribution in [1.82, 2.24) is 9.97 Å². The Kier molecular flexibility index (Phi) is 5.46. The van der Waals surface area contributed by atoms with Gasteiger partial charge in [0.05, 0.1) is 5.69 Å². The van der Waals surface area contributed by atoms with Crippen LogP contribution in [0.4, 0.5) is 20.3 Å². The first kappa shape index (κ1) is 19.0. The lowest BCUT2D eigenvalue weighted by Crippen LogP contribution is -2.38. The van der Waals surface area contributed by atoms with E-state index in [1.165, 1.54) is 0 Å². The zero-order valence-corrected chi connectivity index (χ0v) is 15.7. The van der Waals surface area contributed by atoms with Crippen LogP contribution in [-0.4, -0.2) is 29.0 Å². The molecule has 1 aliphatic heterocycles. The van der Waals surface area contributed by atoms with Gasteiger partial charge in [-0.3, -0.25) is 4.79 Å². The zero-order chi connectivity index (χ0) is 20.2. The maximum atomic E-state index is 13.3. The van der Waals surface area contributed by atoms with Crippen LogP contribution in [0.25, 0.3) is 11.3 Å². The first-order chi connectivity index (χ1) is 14.1. The minimum atomic E-state index is -0.715. The zero-order valence-electron chi connectivity index (χ0n) is 15.7. The monoisotopic (exact) mass is 394 g/mol. The van der Waals surface area contributed by atoms with E-state index >= 15 is 0 Å². The molecule has 0 bridgehead atoms. The highest BCUT2D eigenvalue weighted by molar-refractivity contribution is 5.92. The van der Waals surface area contributed by atoms with Crippen LogP contribution in [0.3, 0.4) is 0 Å². The van der Waals surface area contributed by atoms with Crippen LogP contribution in [0, 0.1) is 17.6 Å².